The normalized spacial score (nSPS) is 13.7. The molecule has 0 aliphatic carbocycles. The summed E-state index contributed by atoms with van der Waals surface area (Å²) in [6.45, 7) is 0.854. The lowest BCUT2D eigenvalue weighted by Crippen LogP contribution is -2.11. The van der Waals surface area contributed by atoms with Crippen molar-refractivity contribution >= 4 is 23.9 Å². The molecule has 0 aromatic carbocycles. The molecule has 0 bridgehead atoms. The maximum Gasteiger partial charge on any atom is 0.303 e. The van der Waals surface area contributed by atoms with E-state index in [1.165, 1.54) is 6.34 Å². The van der Waals surface area contributed by atoms with E-state index in [0.717, 1.165) is 19.3 Å². The number of carbonyl (C=O) groups excluding carboxylic acids is 1. The lowest BCUT2D eigenvalue weighted by Gasteiger charge is -2.06. The quantitative estimate of drug-likeness (QED) is 0.738. The molecule has 7 heteroatoms. The van der Waals surface area contributed by atoms with E-state index in [-0.39, 0.29) is 18.7 Å². The zero-order chi connectivity index (χ0) is 14.4. The molecule has 0 unspecified atom stereocenters. The van der Waals surface area contributed by atoms with Gasteiger partial charge in [-0.1, -0.05) is 12.8 Å². The first kappa shape index (κ1) is 14.2. The van der Waals surface area contributed by atoms with Gasteiger partial charge in [-0.2, -0.15) is 0 Å². The summed E-state index contributed by atoms with van der Waals surface area (Å²) in [5.41, 5.74) is 0.577. The number of anilines is 1. The highest BCUT2D eigenvalue weighted by Gasteiger charge is 2.19. The third-order valence-electron chi connectivity index (χ3n) is 3.17. The molecule has 0 atom stereocenters. The Morgan fingerprint density at radius 2 is 2.15 bits per heavy atom. The molecule has 0 amide bonds. The van der Waals surface area contributed by atoms with Gasteiger partial charge in [-0.05, 0) is 12.8 Å². The number of carbonyl (C=O) groups is 2. The largest absolute Gasteiger partial charge is 0.481 e. The molecule has 108 valence electrons. The highest BCUT2D eigenvalue weighted by atomic mass is 16.4. The van der Waals surface area contributed by atoms with Crippen molar-refractivity contribution in [1.29, 1.82) is 0 Å². The summed E-state index contributed by atoms with van der Waals surface area (Å²) in [5, 5.41) is 11.4. The first-order valence-corrected chi connectivity index (χ1v) is 6.73. The van der Waals surface area contributed by atoms with Crippen molar-refractivity contribution in [3.05, 3.63) is 12.0 Å². The van der Waals surface area contributed by atoms with Gasteiger partial charge in [0.05, 0.1) is 12.7 Å². The van der Waals surface area contributed by atoms with Crippen molar-refractivity contribution in [2.24, 2.45) is 4.99 Å². The molecule has 7 nitrogen and oxygen atoms in total. The number of aliphatic imine (C=N–C) groups is 1. The summed E-state index contributed by atoms with van der Waals surface area (Å²) in [6, 6.07) is 0. The van der Waals surface area contributed by atoms with Crippen LogP contribution in [0.2, 0.25) is 0 Å². The zero-order valence-corrected chi connectivity index (χ0v) is 11.2. The van der Waals surface area contributed by atoms with Gasteiger partial charge in [0, 0.05) is 13.0 Å². The van der Waals surface area contributed by atoms with E-state index in [9.17, 15) is 9.59 Å². The molecule has 1 aliphatic rings. The zero-order valence-electron chi connectivity index (χ0n) is 11.2. The average molecular weight is 278 g/mol. The number of carboxylic acids is 1. The Labute approximate surface area is 116 Å². The molecule has 20 heavy (non-hydrogen) atoms. The maximum absolute atomic E-state index is 11.9. The minimum absolute atomic E-state index is 0.0374. The number of nitrogens with one attached hydrogen (secondary N) is 1. The molecule has 0 radical (unpaired) electrons. The number of nitrogens with zero attached hydrogens (tertiary/aromatic N) is 3. The third kappa shape index (κ3) is 3.66. The van der Waals surface area contributed by atoms with Crippen molar-refractivity contribution in [3.8, 4) is 0 Å². The Morgan fingerprint density at radius 1 is 1.35 bits per heavy atom. The second-order valence-corrected chi connectivity index (χ2v) is 4.73. The van der Waals surface area contributed by atoms with Crippen LogP contribution in [0, 0.1) is 0 Å². The fraction of sp³-hybridized carbons (Fsp3) is 0.538. The van der Waals surface area contributed by atoms with E-state index in [1.807, 2.05) is 4.57 Å². The van der Waals surface area contributed by atoms with E-state index in [1.54, 1.807) is 6.33 Å². The summed E-state index contributed by atoms with van der Waals surface area (Å²) in [7, 11) is 0. The van der Waals surface area contributed by atoms with Crippen molar-refractivity contribution in [2.45, 2.75) is 38.6 Å². The maximum atomic E-state index is 11.9. The first-order chi connectivity index (χ1) is 9.68. The van der Waals surface area contributed by atoms with Gasteiger partial charge in [0.25, 0.3) is 0 Å². The summed E-state index contributed by atoms with van der Waals surface area (Å²) in [4.78, 5) is 30.4. The number of rotatable bonds is 7. The summed E-state index contributed by atoms with van der Waals surface area (Å²) >= 11 is 0. The second-order valence-electron chi connectivity index (χ2n) is 4.73. The molecular formula is C13H18N4O3. The van der Waals surface area contributed by atoms with E-state index in [0.29, 0.717) is 24.5 Å². The van der Waals surface area contributed by atoms with E-state index in [4.69, 9.17) is 5.11 Å². The number of imidazole rings is 1. The Kier molecular flexibility index (Phi) is 4.86. The number of hydrogen-bond donors (Lipinski definition) is 2. The van der Waals surface area contributed by atoms with Crippen LogP contribution in [0.4, 0.5) is 5.82 Å². The first-order valence-electron chi connectivity index (χ1n) is 6.73. The smallest absolute Gasteiger partial charge is 0.303 e. The van der Waals surface area contributed by atoms with Crippen LogP contribution in [-0.4, -0.2) is 39.3 Å². The Bertz CT molecular complexity index is 522. The van der Waals surface area contributed by atoms with E-state index < -0.39 is 5.97 Å². The molecule has 0 fully saturated rings. The molecule has 2 heterocycles. The van der Waals surface area contributed by atoms with Crippen LogP contribution in [0.1, 0.15) is 42.6 Å². The lowest BCUT2D eigenvalue weighted by molar-refractivity contribution is -0.137. The highest BCUT2D eigenvalue weighted by Crippen LogP contribution is 2.17. The molecule has 0 spiro atoms. The van der Waals surface area contributed by atoms with Gasteiger partial charge in [-0.15, -0.1) is 0 Å². The third-order valence-corrected chi connectivity index (χ3v) is 3.17. The number of Topliss-reactive ketones (excluding diaryl/α,β-unsaturated/α-hetero) is 1. The van der Waals surface area contributed by atoms with E-state index >= 15 is 0 Å². The Morgan fingerprint density at radius 3 is 2.95 bits per heavy atom. The number of aliphatic carboxylic acids is 1. The molecule has 2 N–H and O–H groups in total. The fourth-order valence-corrected chi connectivity index (χ4v) is 2.17. The number of fused-ring (bicyclic) bond motifs is 1. The molecular weight excluding hydrogens is 260 g/mol. The topological polar surface area (TPSA) is 96.6 Å². The Hall–Kier alpha value is -2.18. The van der Waals surface area contributed by atoms with Gasteiger partial charge in [-0.25, -0.2) is 4.98 Å². The van der Waals surface area contributed by atoms with Crippen LogP contribution >= 0.6 is 0 Å². The van der Waals surface area contributed by atoms with Crippen LogP contribution in [0.5, 0.6) is 0 Å². The van der Waals surface area contributed by atoms with Gasteiger partial charge in [0.1, 0.15) is 12.2 Å². The van der Waals surface area contributed by atoms with Crippen molar-refractivity contribution in [1.82, 2.24) is 9.55 Å². The number of hydrogen-bond acceptors (Lipinski definition) is 5. The summed E-state index contributed by atoms with van der Waals surface area (Å²) < 4.78 is 1.84. The standard InChI is InChI=1S/C13H18N4O3/c18-10-7-14-8-15-13-12(10)17(9-16-13)6-4-2-1-3-5-11(19)20/h8-9H,1-7H2,(H,14,15)(H,19,20). The molecule has 1 aromatic heterocycles. The number of carboxylic acid groups (broad SMARTS) is 1. The van der Waals surface area contributed by atoms with Crippen molar-refractivity contribution in [2.75, 3.05) is 11.9 Å². The van der Waals surface area contributed by atoms with Crippen molar-refractivity contribution < 1.29 is 14.7 Å². The molecule has 1 aliphatic heterocycles. The summed E-state index contributed by atoms with van der Waals surface area (Å²) in [5.74, 6) is -0.228. The van der Waals surface area contributed by atoms with Crippen molar-refractivity contribution in [3.63, 3.8) is 0 Å². The molecule has 0 saturated carbocycles. The second kappa shape index (κ2) is 6.83. The van der Waals surface area contributed by atoms with Crippen LogP contribution in [0.15, 0.2) is 11.3 Å². The molecule has 0 saturated heterocycles. The molecule has 2 rings (SSSR count). The van der Waals surface area contributed by atoms with E-state index in [2.05, 4.69) is 15.3 Å². The van der Waals surface area contributed by atoms with Gasteiger partial charge < -0.3 is 15.0 Å². The van der Waals surface area contributed by atoms with Crippen LogP contribution < -0.4 is 5.32 Å². The lowest BCUT2D eigenvalue weighted by atomic mass is 10.1. The average Bonchev–Trinajstić information content (AvgIpc) is 2.72. The molecule has 1 aromatic rings. The predicted octanol–water partition coefficient (Wildman–Crippen LogP) is 1.55. The summed E-state index contributed by atoms with van der Waals surface area (Å²) in [6.07, 6.45) is 6.80. The fourth-order valence-electron chi connectivity index (χ4n) is 2.17. The number of unbranched alkanes of at least 4 members (excludes halogenated alkanes) is 3. The predicted molar refractivity (Wildman–Crippen MR) is 74.3 cm³/mol. The van der Waals surface area contributed by atoms with Gasteiger partial charge in [0.2, 0.25) is 5.78 Å². The minimum atomic E-state index is -0.749. The number of ketones is 1. The van der Waals surface area contributed by atoms with Gasteiger partial charge in [-0.3, -0.25) is 14.6 Å². The monoisotopic (exact) mass is 278 g/mol. The highest BCUT2D eigenvalue weighted by molar-refractivity contribution is 6.04. The van der Waals surface area contributed by atoms with Crippen LogP contribution in [0.25, 0.3) is 0 Å². The Balaban J connectivity index is 1.81. The SMILES string of the molecule is O=C(O)CCCCCCn1cnc2c1C(=O)CN=CN2. The van der Waals surface area contributed by atoms with Gasteiger partial charge >= 0.3 is 5.97 Å². The van der Waals surface area contributed by atoms with Gasteiger partial charge in [0.15, 0.2) is 5.82 Å². The number of aryl methyl sites for hydroxylation is 1. The minimum Gasteiger partial charge on any atom is -0.481 e. The van der Waals surface area contributed by atoms with Crippen LogP contribution in [-0.2, 0) is 11.3 Å². The van der Waals surface area contributed by atoms with Crippen LogP contribution in [0.3, 0.4) is 0 Å². The number of aromatic nitrogens is 2.